The van der Waals surface area contributed by atoms with Gasteiger partial charge in [0.1, 0.15) is 11.0 Å². The first-order valence-electron chi connectivity index (χ1n) is 11.4. The predicted molar refractivity (Wildman–Crippen MR) is 132 cm³/mol. The summed E-state index contributed by atoms with van der Waals surface area (Å²) in [6.45, 7) is 6.36. The lowest BCUT2D eigenvalue weighted by Gasteiger charge is -2.26. The summed E-state index contributed by atoms with van der Waals surface area (Å²) in [6, 6.07) is 5.89. The molecule has 190 valence electrons. The molecule has 0 saturated heterocycles. The number of nitrogens with zero attached hydrogens (tertiary/aromatic N) is 1. The maximum absolute atomic E-state index is 14.1. The van der Waals surface area contributed by atoms with Crippen molar-refractivity contribution < 1.29 is 22.1 Å². The SMILES string of the molecule is COCC(C)(C)NS(=O)c1ccc(-c2cc(SN)c(C)n2CC2CCCCC2)cc1C(F)(F)F. The molecule has 0 radical (unpaired) electrons. The number of ether oxygens (including phenoxy) is 1. The molecule has 10 heteroatoms. The molecule has 1 aliphatic carbocycles. The van der Waals surface area contributed by atoms with Crippen LogP contribution in [-0.2, 0) is 28.4 Å². The molecule has 5 nitrogen and oxygen atoms in total. The normalized spacial score (nSPS) is 16.7. The zero-order valence-corrected chi connectivity index (χ0v) is 21.8. The third kappa shape index (κ3) is 6.46. The first-order chi connectivity index (χ1) is 16.0. The van der Waals surface area contributed by atoms with E-state index in [0.717, 1.165) is 48.0 Å². The number of methoxy groups -OCH3 is 1. The number of benzene rings is 1. The molecule has 34 heavy (non-hydrogen) atoms. The van der Waals surface area contributed by atoms with Crippen LogP contribution in [0.5, 0.6) is 0 Å². The Morgan fingerprint density at radius 2 is 1.88 bits per heavy atom. The monoisotopic (exact) mass is 517 g/mol. The van der Waals surface area contributed by atoms with E-state index in [1.165, 1.54) is 32.4 Å². The fourth-order valence-electron chi connectivity index (χ4n) is 4.61. The number of alkyl halides is 3. The van der Waals surface area contributed by atoms with Gasteiger partial charge >= 0.3 is 6.18 Å². The van der Waals surface area contributed by atoms with Gasteiger partial charge < -0.3 is 9.30 Å². The fourth-order valence-corrected chi connectivity index (χ4v) is 6.31. The Hall–Kier alpha value is -1.33. The molecule has 1 heterocycles. The quantitative estimate of drug-likeness (QED) is 0.397. The molecule has 1 saturated carbocycles. The molecule has 1 aliphatic rings. The van der Waals surface area contributed by atoms with Crippen molar-refractivity contribution in [2.45, 2.75) is 80.9 Å². The Bertz CT molecular complexity index is 1020. The largest absolute Gasteiger partial charge is 0.417 e. The van der Waals surface area contributed by atoms with E-state index in [9.17, 15) is 17.4 Å². The summed E-state index contributed by atoms with van der Waals surface area (Å²) in [5.74, 6) is 0.496. The van der Waals surface area contributed by atoms with Crippen LogP contribution in [0.25, 0.3) is 11.3 Å². The topological polar surface area (TPSA) is 69.3 Å². The van der Waals surface area contributed by atoms with E-state index in [-0.39, 0.29) is 11.5 Å². The number of nitrogens with one attached hydrogen (secondary N) is 1. The molecule has 0 spiro atoms. The molecule has 1 unspecified atom stereocenters. The molecule has 3 rings (SSSR count). The summed E-state index contributed by atoms with van der Waals surface area (Å²) in [7, 11) is -0.583. The molecule has 2 aromatic rings. The van der Waals surface area contributed by atoms with Crippen LogP contribution < -0.4 is 9.86 Å². The lowest BCUT2D eigenvalue weighted by Crippen LogP contribution is -2.44. The van der Waals surface area contributed by atoms with Crippen molar-refractivity contribution in [3.05, 3.63) is 35.5 Å². The van der Waals surface area contributed by atoms with Gasteiger partial charge in [0.15, 0.2) is 0 Å². The minimum atomic E-state index is -4.66. The Balaban J connectivity index is 2.03. The van der Waals surface area contributed by atoms with Gasteiger partial charge in [-0.3, -0.25) is 5.14 Å². The van der Waals surface area contributed by atoms with Crippen LogP contribution in [0, 0.1) is 12.8 Å². The van der Waals surface area contributed by atoms with Gasteiger partial charge in [0.2, 0.25) is 0 Å². The van der Waals surface area contributed by atoms with Crippen molar-refractivity contribution >= 4 is 22.9 Å². The number of hydrogen-bond acceptors (Lipinski definition) is 4. The molecule has 0 bridgehead atoms. The van der Waals surface area contributed by atoms with E-state index in [1.54, 1.807) is 19.9 Å². The minimum Gasteiger partial charge on any atom is -0.383 e. The van der Waals surface area contributed by atoms with Crippen molar-refractivity contribution in [2.24, 2.45) is 11.1 Å². The summed E-state index contributed by atoms with van der Waals surface area (Å²) in [5.41, 5.74) is 0.418. The van der Waals surface area contributed by atoms with Gasteiger partial charge in [0.25, 0.3) is 0 Å². The molecule has 0 amide bonds. The van der Waals surface area contributed by atoms with Crippen LogP contribution in [-0.4, -0.2) is 28.0 Å². The molecular weight excluding hydrogens is 483 g/mol. The van der Waals surface area contributed by atoms with Gasteiger partial charge in [-0.05, 0) is 75.2 Å². The van der Waals surface area contributed by atoms with Gasteiger partial charge in [0, 0.05) is 35.5 Å². The van der Waals surface area contributed by atoms with E-state index >= 15 is 0 Å². The highest BCUT2D eigenvalue weighted by Crippen LogP contribution is 2.39. The fraction of sp³-hybridized carbons (Fsp3) is 0.583. The summed E-state index contributed by atoms with van der Waals surface area (Å²) in [6.07, 6.45) is 1.19. The van der Waals surface area contributed by atoms with Crippen LogP contribution in [0.4, 0.5) is 13.2 Å². The number of halogens is 3. The first-order valence-corrected chi connectivity index (χ1v) is 13.5. The standard InChI is InChI=1S/C24H34F3N3O2S2/c1-16-21(33-28)13-20(30(16)14-17-8-6-5-7-9-17)18-10-11-22(19(12-18)24(25,26)27)34(31)29-23(2,3)15-32-4/h10-13,17,29H,5-9,14-15,28H2,1-4H3. The first kappa shape index (κ1) is 27.3. The van der Waals surface area contributed by atoms with E-state index in [0.29, 0.717) is 17.2 Å². The predicted octanol–water partition coefficient (Wildman–Crippen LogP) is 6.07. The summed E-state index contributed by atoms with van der Waals surface area (Å²) in [5, 5.41) is 5.86. The maximum atomic E-state index is 14.1. The Morgan fingerprint density at radius 3 is 2.47 bits per heavy atom. The zero-order chi connectivity index (χ0) is 25.1. The smallest absolute Gasteiger partial charge is 0.383 e. The number of nitrogens with two attached hydrogens (primary N) is 1. The average molecular weight is 518 g/mol. The summed E-state index contributed by atoms with van der Waals surface area (Å²) < 4.78 is 65.1. The van der Waals surface area contributed by atoms with Crippen molar-refractivity contribution in [1.29, 1.82) is 0 Å². The van der Waals surface area contributed by atoms with E-state index < -0.39 is 28.3 Å². The summed E-state index contributed by atoms with van der Waals surface area (Å²) in [4.78, 5) is 0.547. The highest BCUT2D eigenvalue weighted by atomic mass is 32.2. The van der Waals surface area contributed by atoms with E-state index in [1.807, 2.05) is 13.0 Å². The third-order valence-electron chi connectivity index (χ3n) is 6.27. The second kappa shape index (κ2) is 11.2. The Morgan fingerprint density at radius 1 is 1.21 bits per heavy atom. The zero-order valence-electron chi connectivity index (χ0n) is 20.1. The highest BCUT2D eigenvalue weighted by Gasteiger charge is 2.36. The van der Waals surface area contributed by atoms with Crippen molar-refractivity contribution in [3.63, 3.8) is 0 Å². The molecule has 1 aromatic carbocycles. The second-order valence-corrected chi connectivity index (χ2v) is 11.5. The molecule has 1 fully saturated rings. The van der Waals surface area contributed by atoms with E-state index in [4.69, 9.17) is 9.88 Å². The van der Waals surface area contributed by atoms with Gasteiger partial charge in [-0.1, -0.05) is 25.3 Å². The Labute approximate surface area is 206 Å². The van der Waals surface area contributed by atoms with E-state index in [2.05, 4.69) is 9.29 Å². The highest BCUT2D eigenvalue weighted by molar-refractivity contribution is 7.97. The molecule has 1 atom stereocenters. The maximum Gasteiger partial charge on any atom is 0.417 e. The van der Waals surface area contributed by atoms with Gasteiger partial charge in [-0.15, -0.1) is 0 Å². The minimum absolute atomic E-state index is 0.200. The summed E-state index contributed by atoms with van der Waals surface area (Å²) >= 11 is 1.10. The van der Waals surface area contributed by atoms with Crippen LogP contribution in [0.2, 0.25) is 0 Å². The van der Waals surface area contributed by atoms with Crippen LogP contribution in [0.15, 0.2) is 34.1 Å². The Kier molecular flexibility index (Phi) is 8.95. The lowest BCUT2D eigenvalue weighted by atomic mass is 9.89. The molecule has 1 aromatic heterocycles. The van der Waals surface area contributed by atoms with Gasteiger partial charge in [-0.2, -0.15) is 13.2 Å². The number of hydrogen-bond donors (Lipinski definition) is 2. The van der Waals surface area contributed by atoms with Gasteiger partial charge in [-0.25, -0.2) is 8.93 Å². The van der Waals surface area contributed by atoms with Crippen molar-refractivity contribution in [1.82, 2.24) is 9.29 Å². The van der Waals surface area contributed by atoms with Crippen molar-refractivity contribution in [3.8, 4) is 11.3 Å². The van der Waals surface area contributed by atoms with Crippen LogP contribution >= 0.6 is 11.9 Å². The molecule has 0 aliphatic heterocycles. The lowest BCUT2D eigenvalue weighted by molar-refractivity contribution is -0.139. The molecule has 3 N–H and O–H groups in total. The number of aromatic nitrogens is 1. The average Bonchev–Trinajstić information content (AvgIpc) is 3.08. The third-order valence-corrected chi connectivity index (χ3v) is 8.43. The molecular formula is C24H34F3N3O2S2. The van der Waals surface area contributed by atoms with Gasteiger partial charge in [0.05, 0.1) is 17.1 Å². The van der Waals surface area contributed by atoms with Crippen LogP contribution in [0.3, 0.4) is 0 Å². The number of rotatable bonds is 9. The second-order valence-electron chi connectivity index (χ2n) is 9.61. The van der Waals surface area contributed by atoms with Crippen molar-refractivity contribution in [2.75, 3.05) is 13.7 Å². The van der Waals surface area contributed by atoms with Crippen LogP contribution in [0.1, 0.15) is 57.2 Å².